The molecule has 1 aromatic rings. The molecule has 1 aliphatic rings. The van der Waals surface area contributed by atoms with Gasteiger partial charge in [-0.2, -0.15) is 0 Å². The number of hydrogen-bond donors (Lipinski definition) is 1. The summed E-state index contributed by atoms with van der Waals surface area (Å²) in [6.07, 6.45) is -5.79. The van der Waals surface area contributed by atoms with Crippen molar-refractivity contribution in [2.24, 2.45) is 0 Å². The van der Waals surface area contributed by atoms with Crippen LogP contribution in [0.25, 0.3) is 0 Å². The Bertz CT molecular complexity index is 966. The van der Waals surface area contributed by atoms with E-state index in [9.17, 15) is 28.8 Å². The minimum atomic E-state index is -1.46. The minimum absolute atomic E-state index is 0.438. The van der Waals surface area contributed by atoms with Gasteiger partial charge >= 0.3 is 29.6 Å². The molecule has 170 valence electrons. The van der Waals surface area contributed by atoms with Crippen LogP contribution in [0.3, 0.4) is 0 Å². The molecule has 2 rings (SSSR count). The Kier molecular flexibility index (Phi) is 7.69. The molecular formula is C18H22N2O11. The molecule has 13 heteroatoms. The van der Waals surface area contributed by atoms with E-state index in [1.165, 1.54) is 0 Å². The second kappa shape index (κ2) is 10.0. The molecule has 31 heavy (non-hydrogen) atoms. The molecule has 0 radical (unpaired) electrons. The summed E-state index contributed by atoms with van der Waals surface area (Å²) in [5.74, 6) is -3.07. The first-order valence-corrected chi connectivity index (χ1v) is 9.11. The highest BCUT2D eigenvalue weighted by Gasteiger charge is 2.53. The van der Waals surface area contributed by atoms with E-state index in [1.54, 1.807) is 0 Å². The van der Waals surface area contributed by atoms with Crippen molar-refractivity contribution in [3.05, 3.63) is 33.1 Å². The fraction of sp³-hybridized carbons (Fsp3) is 0.556. The lowest BCUT2D eigenvalue weighted by molar-refractivity contribution is -0.269. The van der Waals surface area contributed by atoms with Gasteiger partial charge in [0.1, 0.15) is 12.7 Å². The van der Waals surface area contributed by atoms with Gasteiger partial charge in [-0.3, -0.25) is 33.5 Å². The molecule has 0 bridgehead atoms. The van der Waals surface area contributed by atoms with E-state index in [1.807, 2.05) is 4.98 Å². The normalized spacial score (nSPS) is 25.2. The van der Waals surface area contributed by atoms with Gasteiger partial charge in [0.25, 0.3) is 5.56 Å². The number of H-pyrrole nitrogens is 1. The molecule has 1 saturated heterocycles. The highest BCUT2D eigenvalue weighted by Crippen LogP contribution is 2.33. The predicted octanol–water partition coefficient (Wildman–Crippen LogP) is -1.21. The minimum Gasteiger partial charge on any atom is -0.463 e. The lowest BCUT2D eigenvalue weighted by Crippen LogP contribution is -2.61. The number of rotatable bonds is 6. The molecule has 5 atom stereocenters. The maximum Gasteiger partial charge on any atom is 0.330 e. The largest absolute Gasteiger partial charge is 0.463 e. The van der Waals surface area contributed by atoms with Crippen LogP contribution in [-0.4, -0.2) is 64.5 Å². The summed E-state index contributed by atoms with van der Waals surface area (Å²) in [4.78, 5) is 72.3. The number of aromatic nitrogens is 2. The topological polar surface area (TPSA) is 169 Å². The molecular weight excluding hydrogens is 426 g/mol. The van der Waals surface area contributed by atoms with Crippen LogP contribution in [0.1, 0.15) is 33.9 Å². The molecule has 13 nitrogen and oxygen atoms in total. The molecule has 1 fully saturated rings. The van der Waals surface area contributed by atoms with Crippen molar-refractivity contribution in [3.8, 4) is 0 Å². The Morgan fingerprint density at radius 3 is 1.97 bits per heavy atom. The Morgan fingerprint density at radius 2 is 1.45 bits per heavy atom. The number of ether oxygens (including phenoxy) is 5. The van der Waals surface area contributed by atoms with Crippen LogP contribution in [0.4, 0.5) is 0 Å². The molecule has 1 N–H and O–H groups in total. The summed E-state index contributed by atoms with van der Waals surface area (Å²) in [6.45, 7) is 3.94. The third-order valence-electron chi connectivity index (χ3n) is 4.09. The van der Waals surface area contributed by atoms with Crippen molar-refractivity contribution in [1.29, 1.82) is 0 Å². The summed E-state index contributed by atoms with van der Waals surface area (Å²) in [5, 5.41) is 0. The molecule has 0 aliphatic carbocycles. The van der Waals surface area contributed by atoms with Crippen molar-refractivity contribution >= 4 is 23.9 Å². The van der Waals surface area contributed by atoms with E-state index in [0.29, 0.717) is 0 Å². The van der Waals surface area contributed by atoms with Crippen LogP contribution < -0.4 is 11.2 Å². The number of aromatic amines is 1. The molecule has 0 unspecified atom stereocenters. The maximum absolute atomic E-state index is 12.3. The maximum atomic E-state index is 12.3. The van der Waals surface area contributed by atoms with E-state index in [-0.39, 0.29) is 0 Å². The van der Waals surface area contributed by atoms with E-state index < -0.39 is 72.4 Å². The van der Waals surface area contributed by atoms with Crippen molar-refractivity contribution in [1.82, 2.24) is 9.55 Å². The summed E-state index contributed by atoms with van der Waals surface area (Å²) < 4.78 is 27.4. The third-order valence-corrected chi connectivity index (χ3v) is 4.09. The first-order chi connectivity index (χ1) is 14.5. The lowest BCUT2D eigenvalue weighted by atomic mass is 10.6. The van der Waals surface area contributed by atoms with Crippen LogP contribution in [0.5, 0.6) is 0 Å². The van der Waals surface area contributed by atoms with Crippen molar-refractivity contribution in [2.45, 2.75) is 58.3 Å². The number of nitrogens with one attached hydrogen (secondary N) is 1. The highest BCUT2D eigenvalue weighted by molar-refractivity contribution is 5.68. The van der Waals surface area contributed by atoms with E-state index in [2.05, 4.69) is 0 Å². The summed E-state index contributed by atoms with van der Waals surface area (Å²) in [7, 11) is 0. The Labute approximate surface area is 175 Å². The van der Waals surface area contributed by atoms with Crippen LogP contribution >= 0.6 is 0 Å². The van der Waals surface area contributed by atoms with Gasteiger partial charge in [0, 0.05) is 40.0 Å². The average Bonchev–Trinajstić information content (AvgIpc) is 2.63. The second-order valence-electron chi connectivity index (χ2n) is 6.61. The van der Waals surface area contributed by atoms with Gasteiger partial charge in [0.2, 0.25) is 0 Å². The number of esters is 4. The van der Waals surface area contributed by atoms with Gasteiger partial charge in [-0.25, -0.2) is 4.79 Å². The van der Waals surface area contributed by atoms with Gasteiger partial charge in [0.15, 0.2) is 24.5 Å². The van der Waals surface area contributed by atoms with Gasteiger partial charge in [-0.1, -0.05) is 0 Å². The van der Waals surface area contributed by atoms with Crippen molar-refractivity contribution in [3.63, 3.8) is 0 Å². The Morgan fingerprint density at radius 1 is 0.903 bits per heavy atom. The third kappa shape index (κ3) is 6.25. The summed E-state index contributed by atoms with van der Waals surface area (Å²) in [5.41, 5.74) is -1.60. The fourth-order valence-corrected chi connectivity index (χ4v) is 3.06. The average molecular weight is 448 g/mol. The molecule has 1 aromatic heterocycles. The van der Waals surface area contributed by atoms with Crippen LogP contribution in [-0.2, 0) is 42.9 Å². The fourth-order valence-electron chi connectivity index (χ4n) is 3.06. The molecule has 1 aliphatic heterocycles. The second-order valence-corrected chi connectivity index (χ2v) is 6.61. The van der Waals surface area contributed by atoms with E-state index in [4.69, 9.17) is 23.7 Å². The molecule has 0 amide bonds. The zero-order valence-corrected chi connectivity index (χ0v) is 17.2. The predicted molar refractivity (Wildman–Crippen MR) is 98.5 cm³/mol. The van der Waals surface area contributed by atoms with Gasteiger partial charge in [0.05, 0.1) is 0 Å². The Balaban J connectivity index is 2.60. The first-order valence-electron chi connectivity index (χ1n) is 9.11. The van der Waals surface area contributed by atoms with Crippen molar-refractivity contribution in [2.75, 3.05) is 6.61 Å². The number of hydrogen-bond acceptors (Lipinski definition) is 11. The van der Waals surface area contributed by atoms with Crippen molar-refractivity contribution < 1.29 is 42.9 Å². The number of carbonyl (C=O) groups is 4. The van der Waals surface area contributed by atoms with E-state index >= 15 is 0 Å². The standard InChI is InChI=1S/C18H22N2O11/c1-8(21)27-7-12-14(28-9(2)22)15(29-10(3)23)16(30-11(4)24)17(31-12)20-6-5-13(25)19-18(20)26/h5-6,12,14-17H,7H2,1-4H3,(H,19,25,26)/t12-,14-,15+,16-,17-/m1/s1/i7+1,12+1,14+1,15+1,16+1,17+1. The zero-order valence-electron chi connectivity index (χ0n) is 17.2. The zero-order chi connectivity index (χ0) is 23.3. The SMILES string of the molecule is CC(=O)O[13CH2][13C@H]1O[13C@@H](n2ccc(=O)[nH]c2=O)[13C@H](OC(C)=O)[13C@@H](OC(C)=O)[13C@@H]1OC(C)=O. The van der Waals surface area contributed by atoms with Gasteiger partial charge in [-0.05, 0) is 0 Å². The van der Waals surface area contributed by atoms with Crippen LogP contribution in [0.2, 0.25) is 0 Å². The van der Waals surface area contributed by atoms with Gasteiger partial charge in [-0.15, -0.1) is 0 Å². The highest BCUT2D eigenvalue weighted by atomic mass is 16.8. The smallest absolute Gasteiger partial charge is 0.330 e. The lowest BCUT2D eigenvalue weighted by Gasteiger charge is -2.44. The molecule has 0 spiro atoms. The molecule has 0 aromatic carbocycles. The number of nitrogens with zero attached hydrogens (tertiary/aromatic N) is 1. The molecule has 0 saturated carbocycles. The summed E-state index contributed by atoms with van der Waals surface area (Å²) >= 11 is 0. The Hall–Kier alpha value is -3.48. The van der Waals surface area contributed by atoms with Gasteiger partial charge < -0.3 is 23.7 Å². The quantitative estimate of drug-likeness (QED) is 0.315. The van der Waals surface area contributed by atoms with E-state index in [0.717, 1.165) is 44.5 Å². The number of carbonyl (C=O) groups excluding carboxylic acids is 4. The monoisotopic (exact) mass is 448 g/mol. The van der Waals surface area contributed by atoms with Crippen LogP contribution in [0.15, 0.2) is 21.9 Å². The molecule has 2 heterocycles. The summed E-state index contributed by atoms with van der Waals surface area (Å²) in [6, 6.07) is 1.02. The van der Waals surface area contributed by atoms with Crippen LogP contribution in [0, 0.1) is 0 Å². The first kappa shape index (κ1) is 23.8.